The van der Waals surface area contributed by atoms with Crippen molar-refractivity contribution in [1.82, 2.24) is 9.97 Å². The molecular formula is C8H14N4O. The van der Waals surface area contributed by atoms with E-state index >= 15 is 0 Å². The first kappa shape index (κ1) is 9.73. The Morgan fingerprint density at radius 3 is 2.92 bits per heavy atom. The van der Waals surface area contributed by atoms with Gasteiger partial charge in [-0.1, -0.05) is 0 Å². The number of ether oxygens (including phenoxy) is 1. The van der Waals surface area contributed by atoms with Crippen molar-refractivity contribution in [2.75, 3.05) is 37.9 Å². The molecule has 5 nitrogen and oxygen atoms in total. The lowest BCUT2D eigenvalue weighted by atomic mass is 10.5. The van der Waals surface area contributed by atoms with Crippen LogP contribution >= 0.6 is 0 Å². The van der Waals surface area contributed by atoms with Gasteiger partial charge in [0.2, 0.25) is 0 Å². The van der Waals surface area contributed by atoms with Crippen LogP contribution in [0.3, 0.4) is 0 Å². The van der Waals surface area contributed by atoms with Gasteiger partial charge in [0.15, 0.2) is 0 Å². The summed E-state index contributed by atoms with van der Waals surface area (Å²) < 4.78 is 4.94. The van der Waals surface area contributed by atoms with Crippen LogP contribution < -0.4 is 10.6 Å². The maximum Gasteiger partial charge on any atom is 0.149 e. The van der Waals surface area contributed by atoms with Crippen LogP contribution in [0.15, 0.2) is 12.4 Å². The van der Waals surface area contributed by atoms with E-state index in [0.29, 0.717) is 12.4 Å². The third-order valence-corrected chi connectivity index (χ3v) is 1.66. The molecule has 1 rings (SSSR count). The molecule has 0 spiro atoms. The van der Waals surface area contributed by atoms with E-state index in [-0.39, 0.29) is 0 Å². The molecule has 0 atom stereocenters. The quantitative estimate of drug-likeness (QED) is 0.717. The summed E-state index contributed by atoms with van der Waals surface area (Å²) in [5.41, 5.74) is 5.49. The van der Waals surface area contributed by atoms with Crippen molar-refractivity contribution < 1.29 is 4.74 Å². The average Bonchev–Trinajstić information content (AvgIpc) is 2.14. The van der Waals surface area contributed by atoms with Crippen LogP contribution in [0, 0.1) is 0 Å². The van der Waals surface area contributed by atoms with Crippen molar-refractivity contribution in [2.45, 2.75) is 0 Å². The van der Waals surface area contributed by atoms with Crippen LogP contribution in [0.25, 0.3) is 0 Å². The average molecular weight is 182 g/mol. The standard InChI is InChI=1S/C8H14N4O/c1-12(3-4-13-2)8-6-10-5-7(9)11-8/h5-6H,3-4H2,1-2H3,(H2,9,11). The molecule has 0 unspecified atom stereocenters. The number of aromatic nitrogens is 2. The van der Waals surface area contributed by atoms with Gasteiger partial charge < -0.3 is 15.4 Å². The normalized spacial score (nSPS) is 10.0. The highest BCUT2D eigenvalue weighted by Gasteiger charge is 2.01. The molecule has 0 saturated carbocycles. The highest BCUT2D eigenvalue weighted by Crippen LogP contribution is 2.07. The number of methoxy groups -OCH3 is 1. The molecule has 72 valence electrons. The zero-order chi connectivity index (χ0) is 9.68. The Kier molecular flexibility index (Phi) is 3.45. The van der Waals surface area contributed by atoms with Crippen molar-refractivity contribution in [3.63, 3.8) is 0 Å². The summed E-state index contributed by atoms with van der Waals surface area (Å²) in [5.74, 6) is 1.19. The van der Waals surface area contributed by atoms with Gasteiger partial charge in [0, 0.05) is 20.7 Å². The van der Waals surface area contributed by atoms with Crippen LogP contribution in [0.4, 0.5) is 11.6 Å². The first-order valence-corrected chi connectivity index (χ1v) is 4.01. The Labute approximate surface area is 77.5 Å². The van der Waals surface area contributed by atoms with Gasteiger partial charge in [-0.2, -0.15) is 0 Å². The Bertz CT molecular complexity index is 266. The largest absolute Gasteiger partial charge is 0.383 e. The smallest absolute Gasteiger partial charge is 0.149 e. The molecule has 0 saturated heterocycles. The molecule has 1 aromatic heterocycles. The third kappa shape index (κ3) is 2.87. The lowest BCUT2D eigenvalue weighted by Crippen LogP contribution is -2.23. The minimum atomic E-state index is 0.432. The Hall–Kier alpha value is -1.36. The van der Waals surface area contributed by atoms with E-state index in [2.05, 4.69) is 9.97 Å². The van der Waals surface area contributed by atoms with E-state index in [1.807, 2.05) is 11.9 Å². The summed E-state index contributed by atoms with van der Waals surface area (Å²) >= 11 is 0. The fourth-order valence-corrected chi connectivity index (χ4v) is 0.897. The van der Waals surface area contributed by atoms with Crippen LogP contribution in [0.1, 0.15) is 0 Å². The number of hydrogen-bond acceptors (Lipinski definition) is 5. The fraction of sp³-hybridized carbons (Fsp3) is 0.500. The van der Waals surface area contributed by atoms with Crippen molar-refractivity contribution >= 4 is 11.6 Å². The van der Waals surface area contributed by atoms with Gasteiger partial charge in [-0.25, -0.2) is 4.98 Å². The summed E-state index contributed by atoms with van der Waals surface area (Å²) in [7, 11) is 3.58. The number of nitrogens with zero attached hydrogens (tertiary/aromatic N) is 3. The first-order chi connectivity index (χ1) is 6.24. The lowest BCUT2D eigenvalue weighted by Gasteiger charge is -2.16. The highest BCUT2D eigenvalue weighted by atomic mass is 16.5. The number of nitrogens with two attached hydrogens (primary N) is 1. The van der Waals surface area contributed by atoms with E-state index in [0.717, 1.165) is 12.4 Å². The summed E-state index contributed by atoms with van der Waals surface area (Å²) in [6, 6.07) is 0. The topological polar surface area (TPSA) is 64.3 Å². The predicted octanol–water partition coefficient (Wildman–Crippen LogP) is 0.141. The highest BCUT2D eigenvalue weighted by molar-refractivity contribution is 5.40. The van der Waals surface area contributed by atoms with Crippen molar-refractivity contribution in [3.8, 4) is 0 Å². The summed E-state index contributed by atoms with van der Waals surface area (Å²) in [6.07, 6.45) is 3.19. The van der Waals surface area contributed by atoms with Crippen molar-refractivity contribution in [2.24, 2.45) is 0 Å². The van der Waals surface area contributed by atoms with Gasteiger partial charge in [0.05, 0.1) is 19.0 Å². The minimum Gasteiger partial charge on any atom is -0.383 e. The van der Waals surface area contributed by atoms with Crippen LogP contribution in [0.2, 0.25) is 0 Å². The molecule has 0 aliphatic rings. The van der Waals surface area contributed by atoms with Gasteiger partial charge >= 0.3 is 0 Å². The SMILES string of the molecule is COCCN(C)c1cncc(N)n1. The van der Waals surface area contributed by atoms with Crippen molar-refractivity contribution in [1.29, 1.82) is 0 Å². The molecule has 0 radical (unpaired) electrons. The van der Waals surface area contributed by atoms with Crippen LogP contribution in [-0.4, -0.2) is 37.3 Å². The Balaban J connectivity index is 2.60. The molecule has 13 heavy (non-hydrogen) atoms. The third-order valence-electron chi connectivity index (χ3n) is 1.66. The van der Waals surface area contributed by atoms with E-state index in [4.69, 9.17) is 10.5 Å². The van der Waals surface area contributed by atoms with Gasteiger partial charge in [0.25, 0.3) is 0 Å². The predicted molar refractivity (Wildman–Crippen MR) is 51.6 cm³/mol. The monoisotopic (exact) mass is 182 g/mol. The molecular weight excluding hydrogens is 168 g/mol. The Morgan fingerprint density at radius 2 is 2.31 bits per heavy atom. The minimum absolute atomic E-state index is 0.432. The summed E-state index contributed by atoms with van der Waals surface area (Å²) in [5, 5.41) is 0. The molecule has 5 heteroatoms. The lowest BCUT2D eigenvalue weighted by molar-refractivity contribution is 0.206. The number of anilines is 2. The van der Waals surface area contributed by atoms with E-state index in [9.17, 15) is 0 Å². The van der Waals surface area contributed by atoms with Gasteiger partial charge in [-0.05, 0) is 0 Å². The second kappa shape index (κ2) is 4.61. The zero-order valence-corrected chi connectivity index (χ0v) is 7.90. The maximum absolute atomic E-state index is 5.49. The second-order valence-corrected chi connectivity index (χ2v) is 2.72. The van der Waals surface area contributed by atoms with E-state index in [1.165, 1.54) is 6.20 Å². The summed E-state index contributed by atoms with van der Waals surface area (Å²) in [4.78, 5) is 9.99. The van der Waals surface area contributed by atoms with Crippen LogP contribution in [-0.2, 0) is 4.74 Å². The van der Waals surface area contributed by atoms with Crippen LogP contribution in [0.5, 0.6) is 0 Å². The molecule has 0 aliphatic carbocycles. The van der Waals surface area contributed by atoms with Gasteiger partial charge in [-0.15, -0.1) is 0 Å². The molecule has 1 aromatic rings. The zero-order valence-electron chi connectivity index (χ0n) is 7.90. The van der Waals surface area contributed by atoms with Gasteiger partial charge in [-0.3, -0.25) is 4.98 Å². The fourth-order valence-electron chi connectivity index (χ4n) is 0.897. The van der Waals surface area contributed by atoms with E-state index < -0.39 is 0 Å². The molecule has 0 bridgehead atoms. The molecule has 0 aromatic carbocycles. The second-order valence-electron chi connectivity index (χ2n) is 2.72. The summed E-state index contributed by atoms with van der Waals surface area (Å²) in [6.45, 7) is 1.43. The number of rotatable bonds is 4. The molecule has 2 N–H and O–H groups in total. The number of nitrogen functional groups attached to an aromatic ring is 1. The molecule has 0 aliphatic heterocycles. The molecule has 0 amide bonds. The number of likely N-dealkylation sites (N-methyl/N-ethyl adjacent to an activating group) is 1. The molecule has 1 heterocycles. The van der Waals surface area contributed by atoms with Gasteiger partial charge in [0.1, 0.15) is 11.6 Å². The van der Waals surface area contributed by atoms with Crippen molar-refractivity contribution in [3.05, 3.63) is 12.4 Å². The number of hydrogen-bond donors (Lipinski definition) is 1. The maximum atomic E-state index is 5.49. The van der Waals surface area contributed by atoms with E-state index in [1.54, 1.807) is 13.3 Å². The first-order valence-electron chi connectivity index (χ1n) is 4.01. The molecule has 0 fully saturated rings. The Morgan fingerprint density at radius 1 is 1.54 bits per heavy atom.